The van der Waals surface area contributed by atoms with Gasteiger partial charge in [0.15, 0.2) is 0 Å². The highest BCUT2D eigenvalue weighted by atomic mass is 32.2. The summed E-state index contributed by atoms with van der Waals surface area (Å²) in [6.45, 7) is 4.07. The Morgan fingerprint density at radius 2 is 1.10 bits per heavy atom. The number of carbonyl (C=O) groups excluding carboxylic acids is 1. The van der Waals surface area contributed by atoms with Gasteiger partial charge in [0.05, 0.1) is 6.61 Å². The second-order valence-corrected chi connectivity index (χ2v) is 7.11. The lowest BCUT2D eigenvalue weighted by Crippen LogP contribution is -2.71. The third-order valence-electron chi connectivity index (χ3n) is 3.10. The summed E-state index contributed by atoms with van der Waals surface area (Å²) >= 11 is 0. The quantitative estimate of drug-likeness (QED) is 0.389. The summed E-state index contributed by atoms with van der Waals surface area (Å²) < 4.78 is 189. The average molecular weight is 515 g/mol. The van der Waals surface area contributed by atoms with E-state index in [0.717, 1.165) is 0 Å². The first-order valence-electron chi connectivity index (χ1n) is 7.41. The Balaban J connectivity index is 0. The van der Waals surface area contributed by atoms with E-state index in [4.69, 9.17) is 0 Å². The Morgan fingerprint density at radius 3 is 1.32 bits per heavy atom. The number of rotatable bonds is 8. The largest absolute Gasteiger partial charge is 0.466 e. The molecule has 5 nitrogen and oxygen atoms in total. The second kappa shape index (κ2) is 9.53. The zero-order valence-electron chi connectivity index (χ0n) is 15.4. The Labute approximate surface area is 165 Å². The van der Waals surface area contributed by atoms with Crippen molar-refractivity contribution in [3.05, 3.63) is 0 Å². The van der Waals surface area contributed by atoms with Crippen LogP contribution in [0.25, 0.3) is 0 Å². The monoisotopic (exact) mass is 515 g/mol. The standard InChI is InChI=1S/C7H4F13NO2S.C5H10O2/c1-21-24(22,23)7(19,20)5(14,15)3(10,11)2(8,9)4(12,13)6(16,17)18;1-3-5(6)7-4-2/h21H,1H3;3-4H2,1-2H3. The highest BCUT2D eigenvalue weighted by molar-refractivity contribution is 7.90. The lowest BCUT2D eigenvalue weighted by atomic mass is 9.98. The average Bonchev–Trinajstić information content (AvgIpc) is 2.60. The molecule has 0 saturated heterocycles. The van der Waals surface area contributed by atoms with Crippen molar-refractivity contribution < 1.29 is 75.0 Å². The van der Waals surface area contributed by atoms with Gasteiger partial charge in [-0.25, -0.2) is 13.1 Å². The maximum atomic E-state index is 13.0. The Kier molecular flexibility index (Phi) is 9.74. The van der Waals surface area contributed by atoms with Crippen LogP contribution in [0, 0.1) is 0 Å². The maximum absolute atomic E-state index is 13.0. The topological polar surface area (TPSA) is 72.5 Å². The van der Waals surface area contributed by atoms with Crippen LogP contribution in [0.5, 0.6) is 0 Å². The molecule has 0 unspecified atom stereocenters. The number of alkyl halides is 13. The summed E-state index contributed by atoms with van der Waals surface area (Å²) in [7, 11) is -6.92. The molecule has 0 amide bonds. The number of ether oxygens (including phenoxy) is 1. The fourth-order valence-corrected chi connectivity index (χ4v) is 2.04. The van der Waals surface area contributed by atoms with Crippen molar-refractivity contribution in [2.75, 3.05) is 13.7 Å². The zero-order valence-corrected chi connectivity index (χ0v) is 16.2. The Hall–Kier alpha value is -1.53. The lowest BCUT2D eigenvalue weighted by Gasteiger charge is -2.39. The molecule has 0 atom stereocenters. The summed E-state index contributed by atoms with van der Waals surface area (Å²) in [5, 5.41) is -7.18. The van der Waals surface area contributed by atoms with E-state index in [1.54, 1.807) is 13.8 Å². The van der Waals surface area contributed by atoms with Gasteiger partial charge in [0, 0.05) is 6.42 Å². The van der Waals surface area contributed by atoms with E-state index in [2.05, 4.69) is 4.74 Å². The molecule has 0 aliphatic rings. The van der Waals surface area contributed by atoms with E-state index >= 15 is 0 Å². The van der Waals surface area contributed by atoms with Crippen molar-refractivity contribution in [2.45, 2.75) is 55.4 Å². The number of halogens is 13. The normalized spacial score (nSPS) is 14.6. The van der Waals surface area contributed by atoms with Gasteiger partial charge < -0.3 is 4.74 Å². The van der Waals surface area contributed by atoms with E-state index in [9.17, 15) is 70.3 Å². The second-order valence-electron chi connectivity index (χ2n) is 5.18. The van der Waals surface area contributed by atoms with Crippen LogP contribution in [0.3, 0.4) is 0 Å². The number of hydrogen-bond donors (Lipinski definition) is 1. The van der Waals surface area contributed by atoms with Crippen LogP contribution >= 0.6 is 0 Å². The molecule has 0 aromatic carbocycles. The number of esters is 1. The highest BCUT2D eigenvalue weighted by Crippen LogP contribution is 2.60. The summed E-state index contributed by atoms with van der Waals surface area (Å²) in [4.78, 5) is 10.2. The smallest absolute Gasteiger partial charge is 0.460 e. The minimum absolute atomic E-state index is 0.0695. The molecule has 0 spiro atoms. The molecular formula is C12H14F13NO4S. The molecule has 0 radical (unpaired) electrons. The first kappa shape index (κ1) is 31.7. The Bertz CT molecular complexity index is 718. The van der Waals surface area contributed by atoms with Gasteiger partial charge in [0.25, 0.3) is 10.0 Å². The maximum Gasteiger partial charge on any atom is 0.460 e. The molecule has 0 fully saturated rings. The molecule has 0 aliphatic heterocycles. The summed E-state index contributed by atoms with van der Waals surface area (Å²) in [6.07, 6.45) is -7.07. The third kappa shape index (κ3) is 5.46. The van der Waals surface area contributed by atoms with Crippen molar-refractivity contribution in [3.63, 3.8) is 0 Å². The first-order valence-corrected chi connectivity index (χ1v) is 8.90. The van der Waals surface area contributed by atoms with E-state index in [1.165, 1.54) is 0 Å². The molecule has 0 aliphatic carbocycles. The van der Waals surface area contributed by atoms with Crippen LogP contribution < -0.4 is 4.72 Å². The van der Waals surface area contributed by atoms with E-state index in [1.807, 2.05) is 0 Å². The van der Waals surface area contributed by atoms with Gasteiger partial charge in [-0.2, -0.15) is 57.1 Å². The molecule has 1 N–H and O–H groups in total. The van der Waals surface area contributed by atoms with Crippen molar-refractivity contribution in [1.82, 2.24) is 4.72 Å². The van der Waals surface area contributed by atoms with Gasteiger partial charge in [-0.05, 0) is 14.0 Å². The van der Waals surface area contributed by atoms with Crippen molar-refractivity contribution >= 4 is 16.0 Å². The van der Waals surface area contributed by atoms with Gasteiger partial charge in [-0.15, -0.1) is 0 Å². The van der Waals surface area contributed by atoms with Crippen LogP contribution in [0.15, 0.2) is 0 Å². The molecule has 0 heterocycles. The summed E-state index contributed by atoms with van der Waals surface area (Å²) in [6, 6.07) is 0. The van der Waals surface area contributed by atoms with E-state index < -0.39 is 45.1 Å². The van der Waals surface area contributed by atoms with Crippen LogP contribution in [-0.2, 0) is 19.6 Å². The van der Waals surface area contributed by atoms with Gasteiger partial charge in [-0.3, -0.25) is 4.79 Å². The predicted octanol–water partition coefficient (Wildman–Crippen LogP) is 4.19. The number of carbonyl (C=O) groups is 1. The lowest BCUT2D eigenvalue weighted by molar-refractivity contribution is -0.433. The third-order valence-corrected chi connectivity index (χ3v) is 4.57. The fourth-order valence-electron chi connectivity index (χ4n) is 1.32. The van der Waals surface area contributed by atoms with E-state index in [-0.39, 0.29) is 13.0 Å². The fraction of sp³-hybridized carbons (Fsp3) is 0.917. The number of sulfonamides is 1. The van der Waals surface area contributed by atoms with Crippen molar-refractivity contribution in [2.24, 2.45) is 0 Å². The summed E-state index contributed by atoms with van der Waals surface area (Å²) in [5.41, 5.74) is 0. The zero-order chi connectivity index (χ0) is 25.9. The van der Waals surface area contributed by atoms with E-state index in [0.29, 0.717) is 17.7 Å². The molecule has 0 aromatic rings. The minimum atomic E-state index is -8.13. The minimum Gasteiger partial charge on any atom is -0.466 e. The highest BCUT2D eigenvalue weighted by Gasteiger charge is 2.92. The molecule has 188 valence electrons. The summed E-state index contributed by atoms with van der Waals surface area (Å²) in [5.74, 6) is -32.1. The Morgan fingerprint density at radius 1 is 0.742 bits per heavy atom. The molecule has 0 bridgehead atoms. The van der Waals surface area contributed by atoms with Crippen LogP contribution in [0.2, 0.25) is 0 Å². The van der Waals surface area contributed by atoms with Gasteiger partial charge in [0.2, 0.25) is 0 Å². The number of nitrogens with one attached hydrogen (secondary N) is 1. The molecule has 0 saturated carbocycles. The van der Waals surface area contributed by atoms with Gasteiger partial charge in [0.1, 0.15) is 0 Å². The van der Waals surface area contributed by atoms with Crippen molar-refractivity contribution in [3.8, 4) is 0 Å². The molecule has 0 aromatic heterocycles. The van der Waals surface area contributed by atoms with Gasteiger partial charge >= 0.3 is 41.1 Å². The molecule has 19 heteroatoms. The SMILES string of the molecule is CCOC(=O)CC.CNS(=O)(=O)C(F)(F)C(F)(F)C(F)(F)C(F)(F)C(F)(F)C(F)(F)F. The van der Waals surface area contributed by atoms with Crippen LogP contribution in [0.1, 0.15) is 20.3 Å². The van der Waals surface area contributed by atoms with Crippen molar-refractivity contribution in [1.29, 1.82) is 0 Å². The number of hydrogen-bond acceptors (Lipinski definition) is 4. The van der Waals surface area contributed by atoms with Crippen LogP contribution in [0.4, 0.5) is 57.1 Å². The predicted molar refractivity (Wildman–Crippen MR) is 75.7 cm³/mol. The molecule has 31 heavy (non-hydrogen) atoms. The van der Waals surface area contributed by atoms with Crippen LogP contribution in [-0.4, -0.2) is 63.2 Å². The first-order chi connectivity index (χ1) is 13.4. The van der Waals surface area contributed by atoms with Gasteiger partial charge in [-0.1, -0.05) is 6.92 Å². The molecular weight excluding hydrogens is 501 g/mol. The molecule has 0 rings (SSSR count).